The highest BCUT2D eigenvalue weighted by Crippen LogP contribution is 2.16. The van der Waals surface area contributed by atoms with Gasteiger partial charge in [-0.05, 0) is 18.6 Å². The van der Waals surface area contributed by atoms with Gasteiger partial charge < -0.3 is 4.74 Å². The molecule has 0 spiro atoms. The van der Waals surface area contributed by atoms with Gasteiger partial charge >= 0.3 is 5.97 Å². The van der Waals surface area contributed by atoms with Crippen LogP contribution in [0.15, 0.2) is 29.2 Å². The highest BCUT2D eigenvalue weighted by molar-refractivity contribution is 7.89. The molecule has 1 N–H and O–H groups in total. The van der Waals surface area contributed by atoms with Gasteiger partial charge in [0, 0.05) is 13.0 Å². The number of rotatable bonds is 6. The van der Waals surface area contributed by atoms with Crippen molar-refractivity contribution in [3.8, 4) is 12.3 Å². The van der Waals surface area contributed by atoms with E-state index in [0.29, 0.717) is 12.8 Å². The summed E-state index contributed by atoms with van der Waals surface area (Å²) in [4.78, 5) is 11.4. The molecule has 0 heterocycles. The molecule has 0 amide bonds. The van der Waals surface area contributed by atoms with Crippen LogP contribution in [0.2, 0.25) is 0 Å². The van der Waals surface area contributed by atoms with Gasteiger partial charge in [-0.1, -0.05) is 12.1 Å². The average molecular weight is 281 g/mol. The van der Waals surface area contributed by atoms with Crippen LogP contribution in [0.25, 0.3) is 0 Å². The zero-order valence-electron chi connectivity index (χ0n) is 10.5. The Labute approximate surface area is 113 Å². The second-order valence-electron chi connectivity index (χ2n) is 3.69. The predicted octanol–water partition coefficient (Wildman–Crippen LogP) is 1.16. The zero-order chi connectivity index (χ0) is 14.3. The lowest BCUT2D eigenvalue weighted by molar-refractivity contribution is 0.0596. The van der Waals surface area contributed by atoms with Crippen molar-refractivity contribution in [3.63, 3.8) is 0 Å². The molecule has 19 heavy (non-hydrogen) atoms. The Kier molecular flexibility index (Phi) is 5.55. The maximum Gasteiger partial charge on any atom is 0.339 e. The molecular weight excluding hydrogens is 266 g/mol. The van der Waals surface area contributed by atoms with Gasteiger partial charge in [-0.3, -0.25) is 0 Å². The number of sulfonamides is 1. The van der Waals surface area contributed by atoms with Crippen LogP contribution in [0.5, 0.6) is 0 Å². The smallest absolute Gasteiger partial charge is 0.339 e. The molecule has 0 aliphatic heterocycles. The molecule has 1 aromatic rings. The first kappa shape index (κ1) is 15.2. The predicted molar refractivity (Wildman–Crippen MR) is 71.0 cm³/mol. The molecule has 1 rings (SSSR count). The number of terminal acetylenes is 1. The van der Waals surface area contributed by atoms with E-state index in [9.17, 15) is 13.2 Å². The Hall–Kier alpha value is -1.84. The summed E-state index contributed by atoms with van der Waals surface area (Å²) in [5.74, 6) is 1.73. The van der Waals surface area contributed by atoms with E-state index in [1.807, 2.05) is 0 Å². The molecule has 0 bridgehead atoms. The van der Waals surface area contributed by atoms with Gasteiger partial charge in [0.1, 0.15) is 0 Å². The lowest BCUT2D eigenvalue weighted by atomic mass is 10.2. The van der Waals surface area contributed by atoms with Crippen LogP contribution in [0, 0.1) is 12.3 Å². The van der Waals surface area contributed by atoms with Crippen LogP contribution in [-0.2, 0) is 14.8 Å². The van der Waals surface area contributed by atoms with Crippen molar-refractivity contribution in [1.82, 2.24) is 4.72 Å². The molecular formula is C13H15NO4S. The van der Waals surface area contributed by atoms with Crippen LogP contribution in [0.3, 0.4) is 0 Å². The second-order valence-corrected chi connectivity index (χ2v) is 5.43. The summed E-state index contributed by atoms with van der Waals surface area (Å²) >= 11 is 0. The van der Waals surface area contributed by atoms with Crippen molar-refractivity contribution in [2.24, 2.45) is 0 Å². The Morgan fingerprint density at radius 3 is 2.74 bits per heavy atom. The van der Waals surface area contributed by atoms with Gasteiger partial charge in [-0.25, -0.2) is 17.9 Å². The van der Waals surface area contributed by atoms with Crippen LogP contribution >= 0.6 is 0 Å². The van der Waals surface area contributed by atoms with E-state index in [2.05, 4.69) is 15.4 Å². The number of carbonyl (C=O) groups is 1. The Balaban J connectivity index is 2.95. The third-order valence-corrected chi connectivity index (χ3v) is 3.89. The van der Waals surface area contributed by atoms with Crippen LogP contribution in [0.1, 0.15) is 23.2 Å². The Bertz CT molecular complexity index is 587. The number of hydrogen-bond acceptors (Lipinski definition) is 4. The molecule has 1 aromatic carbocycles. The third kappa shape index (κ3) is 4.09. The summed E-state index contributed by atoms with van der Waals surface area (Å²) < 4.78 is 31.1. The monoisotopic (exact) mass is 281 g/mol. The molecule has 6 heteroatoms. The first-order valence-corrected chi connectivity index (χ1v) is 7.11. The van der Waals surface area contributed by atoms with Crippen molar-refractivity contribution in [2.75, 3.05) is 13.7 Å². The quantitative estimate of drug-likeness (QED) is 0.482. The fourth-order valence-electron chi connectivity index (χ4n) is 1.45. The molecule has 5 nitrogen and oxygen atoms in total. The number of esters is 1. The fourth-order valence-corrected chi connectivity index (χ4v) is 2.72. The number of hydrogen-bond donors (Lipinski definition) is 1. The van der Waals surface area contributed by atoms with Crippen molar-refractivity contribution >= 4 is 16.0 Å². The summed E-state index contributed by atoms with van der Waals surface area (Å²) in [6, 6.07) is 5.88. The number of benzene rings is 1. The number of nitrogens with one attached hydrogen (secondary N) is 1. The summed E-state index contributed by atoms with van der Waals surface area (Å²) in [5, 5.41) is 0. The first-order valence-electron chi connectivity index (χ1n) is 5.63. The maximum absolute atomic E-state index is 12.1. The van der Waals surface area contributed by atoms with E-state index in [4.69, 9.17) is 6.42 Å². The van der Waals surface area contributed by atoms with Gasteiger partial charge in [0.2, 0.25) is 10.0 Å². The number of methoxy groups -OCH3 is 1. The molecule has 0 aliphatic rings. The van der Waals surface area contributed by atoms with E-state index in [0.717, 1.165) is 0 Å². The van der Waals surface area contributed by atoms with Gasteiger partial charge in [0.25, 0.3) is 0 Å². The normalized spacial score (nSPS) is 10.7. The largest absolute Gasteiger partial charge is 0.465 e. The summed E-state index contributed by atoms with van der Waals surface area (Å²) in [6.07, 6.45) is 6.11. The van der Waals surface area contributed by atoms with E-state index >= 15 is 0 Å². The van der Waals surface area contributed by atoms with Crippen molar-refractivity contribution in [1.29, 1.82) is 0 Å². The molecule has 0 unspecified atom stereocenters. The maximum atomic E-state index is 12.1. The van der Waals surface area contributed by atoms with Crippen LogP contribution in [-0.4, -0.2) is 28.0 Å². The number of unbranched alkanes of at least 4 members (excludes halogenated alkanes) is 1. The van der Waals surface area contributed by atoms with Gasteiger partial charge in [0.05, 0.1) is 17.6 Å². The standard InChI is InChI=1S/C13H15NO4S/c1-3-4-7-10-14-19(16,17)12-9-6-5-8-11(12)13(15)18-2/h1,5-6,8-9,14H,4,7,10H2,2H3. The van der Waals surface area contributed by atoms with Gasteiger partial charge in [-0.2, -0.15) is 0 Å². The topological polar surface area (TPSA) is 72.5 Å². The second kappa shape index (κ2) is 6.92. The first-order chi connectivity index (χ1) is 9.03. The van der Waals surface area contributed by atoms with Crippen LogP contribution in [0.4, 0.5) is 0 Å². The Morgan fingerprint density at radius 2 is 2.11 bits per heavy atom. The van der Waals surface area contributed by atoms with E-state index < -0.39 is 16.0 Å². The molecule has 0 fully saturated rings. The molecule has 0 saturated heterocycles. The van der Waals surface area contributed by atoms with Crippen LogP contribution < -0.4 is 4.72 Å². The highest BCUT2D eigenvalue weighted by Gasteiger charge is 2.21. The summed E-state index contributed by atoms with van der Waals surface area (Å²) in [6.45, 7) is 0.224. The number of carbonyl (C=O) groups excluding carboxylic acids is 1. The third-order valence-electron chi connectivity index (χ3n) is 2.37. The molecule has 0 radical (unpaired) electrons. The molecule has 0 saturated carbocycles. The lowest BCUT2D eigenvalue weighted by Gasteiger charge is -2.09. The molecule has 0 aliphatic carbocycles. The zero-order valence-corrected chi connectivity index (χ0v) is 11.4. The minimum Gasteiger partial charge on any atom is -0.465 e. The Morgan fingerprint density at radius 1 is 1.42 bits per heavy atom. The van der Waals surface area contributed by atoms with Gasteiger partial charge in [-0.15, -0.1) is 12.3 Å². The SMILES string of the molecule is C#CCCCNS(=O)(=O)c1ccccc1C(=O)OC. The van der Waals surface area contributed by atoms with E-state index in [1.54, 1.807) is 12.1 Å². The van der Waals surface area contributed by atoms with Crippen molar-refractivity contribution in [3.05, 3.63) is 29.8 Å². The summed E-state index contributed by atoms with van der Waals surface area (Å²) in [7, 11) is -2.55. The number of ether oxygens (including phenoxy) is 1. The van der Waals surface area contributed by atoms with Crippen molar-refractivity contribution in [2.45, 2.75) is 17.7 Å². The average Bonchev–Trinajstić information content (AvgIpc) is 2.43. The minimum absolute atomic E-state index is 0.00875. The molecule has 0 aromatic heterocycles. The fraction of sp³-hybridized carbons (Fsp3) is 0.308. The highest BCUT2D eigenvalue weighted by atomic mass is 32.2. The lowest BCUT2D eigenvalue weighted by Crippen LogP contribution is -2.26. The molecule has 0 atom stereocenters. The van der Waals surface area contributed by atoms with Crippen molar-refractivity contribution < 1.29 is 17.9 Å². The van der Waals surface area contributed by atoms with E-state index in [1.165, 1.54) is 19.2 Å². The van der Waals surface area contributed by atoms with Gasteiger partial charge in [0.15, 0.2) is 0 Å². The molecule has 102 valence electrons. The minimum atomic E-state index is -3.75. The summed E-state index contributed by atoms with van der Waals surface area (Å²) in [5.41, 5.74) is 0.00875. The van der Waals surface area contributed by atoms with E-state index in [-0.39, 0.29) is 17.0 Å².